The van der Waals surface area contributed by atoms with Gasteiger partial charge < -0.3 is 5.73 Å². The monoisotopic (exact) mass is 505 g/mol. The molecule has 3 heteroatoms. The first-order valence-electron chi connectivity index (χ1n) is 11.4. The normalized spacial score (nSPS) is 27.7. The van der Waals surface area contributed by atoms with Crippen LogP contribution in [-0.4, -0.2) is 3.92 Å². The van der Waals surface area contributed by atoms with Gasteiger partial charge in [-0.25, -0.2) is 4.39 Å². The first kappa shape index (κ1) is 21.1. The van der Waals surface area contributed by atoms with E-state index in [0.717, 1.165) is 39.2 Å². The van der Waals surface area contributed by atoms with E-state index in [1.54, 1.807) is 6.07 Å². The molecular formula is C26H33FIN. The molecule has 2 aromatic carbocycles. The largest absolute Gasteiger partial charge is 0.396 e. The molecule has 0 aromatic heterocycles. The Morgan fingerprint density at radius 2 is 1.38 bits per heavy atom. The highest BCUT2D eigenvalue weighted by atomic mass is 127. The zero-order chi connectivity index (χ0) is 20.2. The van der Waals surface area contributed by atoms with Crippen molar-refractivity contribution in [1.29, 1.82) is 0 Å². The molecule has 0 spiro atoms. The lowest BCUT2D eigenvalue weighted by Crippen LogP contribution is -2.26. The number of hydrogen-bond acceptors (Lipinski definition) is 1. The van der Waals surface area contributed by atoms with E-state index in [1.807, 2.05) is 6.07 Å². The lowest BCUT2D eigenvalue weighted by atomic mass is 9.70. The fourth-order valence-corrected chi connectivity index (χ4v) is 6.16. The highest BCUT2D eigenvalue weighted by molar-refractivity contribution is 14.1. The zero-order valence-corrected chi connectivity index (χ0v) is 19.4. The van der Waals surface area contributed by atoms with Crippen molar-refractivity contribution in [1.82, 2.24) is 0 Å². The summed E-state index contributed by atoms with van der Waals surface area (Å²) in [5.41, 5.74) is 9.12. The van der Waals surface area contributed by atoms with Gasteiger partial charge in [-0.3, -0.25) is 0 Å². The van der Waals surface area contributed by atoms with Crippen LogP contribution in [0.3, 0.4) is 0 Å². The number of anilines is 1. The Labute approximate surface area is 188 Å². The van der Waals surface area contributed by atoms with E-state index in [4.69, 9.17) is 5.73 Å². The molecule has 2 aliphatic rings. The van der Waals surface area contributed by atoms with Gasteiger partial charge in [-0.05, 0) is 97.9 Å². The quantitative estimate of drug-likeness (QED) is 0.250. The maximum atomic E-state index is 13.7. The molecule has 2 saturated carbocycles. The van der Waals surface area contributed by atoms with Gasteiger partial charge in [-0.15, -0.1) is 0 Å². The average molecular weight is 505 g/mol. The summed E-state index contributed by atoms with van der Waals surface area (Å²) >= 11 is 2.64. The van der Waals surface area contributed by atoms with Crippen molar-refractivity contribution in [3.8, 4) is 11.1 Å². The molecule has 0 saturated heterocycles. The van der Waals surface area contributed by atoms with E-state index >= 15 is 0 Å². The molecule has 4 rings (SSSR count). The number of aryl methyl sites for hydroxylation is 1. The molecular weight excluding hydrogens is 472 g/mol. The minimum atomic E-state index is -0.343. The lowest BCUT2D eigenvalue weighted by Gasteiger charge is -2.37. The fourth-order valence-electron chi connectivity index (χ4n) is 5.44. The fraction of sp³-hybridized carbons (Fsp3) is 0.538. The van der Waals surface area contributed by atoms with E-state index in [2.05, 4.69) is 46.9 Å². The standard InChI is InChI=1S/C26H33FIN/c27-25-17-23(13-16-26(25)29)22-9-5-19(6-10-22)2-1-18-3-7-20(8-4-18)21-11-14-24(28)15-12-21/h5-6,9-10,13,16-18,20-21,24H,1-4,7-8,11-12,14-15,29H2. The van der Waals surface area contributed by atoms with Crippen LogP contribution in [0.1, 0.15) is 63.4 Å². The van der Waals surface area contributed by atoms with Crippen LogP contribution in [-0.2, 0) is 6.42 Å². The minimum Gasteiger partial charge on any atom is -0.396 e. The summed E-state index contributed by atoms with van der Waals surface area (Å²) < 4.78 is 14.6. The molecule has 0 unspecified atom stereocenters. The van der Waals surface area contributed by atoms with Crippen molar-refractivity contribution < 1.29 is 4.39 Å². The van der Waals surface area contributed by atoms with Crippen molar-refractivity contribution in [3.63, 3.8) is 0 Å². The number of benzene rings is 2. The van der Waals surface area contributed by atoms with Gasteiger partial charge in [0.15, 0.2) is 0 Å². The number of nitrogens with two attached hydrogens (primary N) is 1. The van der Waals surface area contributed by atoms with Gasteiger partial charge >= 0.3 is 0 Å². The number of hydrogen-bond donors (Lipinski definition) is 1. The molecule has 2 aromatic rings. The maximum Gasteiger partial charge on any atom is 0.146 e. The van der Waals surface area contributed by atoms with E-state index in [9.17, 15) is 4.39 Å². The van der Waals surface area contributed by atoms with Gasteiger partial charge in [-0.2, -0.15) is 0 Å². The summed E-state index contributed by atoms with van der Waals surface area (Å²) in [6, 6.07) is 13.7. The molecule has 2 fully saturated rings. The Morgan fingerprint density at radius 1 is 0.793 bits per heavy atom. The number of halogens is 2. The summed E-state index contributed by atoms with van der Waals surface area (Å²) in [5.74, 6) is 2.59. The summed E-state index contributed by atoms with van der Waals surface area (Å²) in [7, 11) is 0. The first-order valence-corrected chi connectivity index (χ1v) is 12.6. The second kappa shape index (κ2) is 9.80. The minimum absolute atomic E-state index is 0.206. The van der Waals surface area contributed by atoms with Crippen LogP contribution in [0.15, 0.2) is 42.5 Å². The molecule has 29 heavy (non-hydrogen) atoms. The molecule has 0 aliphatic heterocycles. The molecule has 0 radical (unpaired) electrons. The summed E-state index contributed by atoms with van der Waals surface area (Å²) in [5, 5.41) is 0. The highest BCUT2D eigenvalue weighted by Gasteiger charge is 2.30. The maximum absolute atomic E-state index is 13.7. The number of alkyl halides is 1. The van der Waals surface area contributed by atoms with Crippen molar-refractivity contribution in [2.24, 2.45) is 17.8 Å². The Bertz CT molecular complexity index is 787. The zero-order valence-electron chi connectivity index (χ0n) is 17.3. The number of rotatable bonds is 5. The summed E-state index contributed by atoms with van der Waals surface area (Å²) in [4.78, 5) is 0. The van der Waals surface area contributed by atoms with Crippen molar-refractivity contribution in [3.05, 3.63) is 53.8 Å². The average Bonchev–Trinajstić information content (AvgIpc) is 2.76. The SMILES string of the molecule is Nc1ccc(-c2ccc(CCC3CCC(C4CCC(I)CC4)CC3)cc2)cc1F. The second-order valence-corrected chi connectivity index (χ2v) is 11.0. The summed E-state index contributed by atoms with van der Waals surface area (Å²) in [6.45, 7) is 0. The first-order chi connectivity index (χ1) is 14.1. The van der Waals surface area contributed by atoms with Crippen LogP contribution in [0.25, 0.3) is 11.1 Å². The second-order valence-electron chi connectivity index (χ2n) is 9.26. The van der Waals surface area contributed by atoms with Gasteiger partial charge in [-0.1, -0.05) is 65.8 Å². The topological polar surface area (TPSA) is 26.0 Å². The van der Waals surface area contributed by atoms with Crippen LogP contribution in [0.4, 0.5) is 10.1 Å². The third-order valence-electron chi connectivity index (χ3n) is 7.39. The molecule has 156 valence electrons. The van der Waals surface area contributed by atoms with E-state index in [-0.39, 0.29) is 11.5 Å². The third-order valence-corrected chi connectivity index (χ3v) is 8.63. The molecule has 0 bridgehead atoms. The molecule has 1 nitrogen and oxygen atoms in total. The van der Waals surface area contributed by atoms with Crippen molar-refractivity contribution >= 4 is 28.3 Å². The van der Waals surface area contributed by atoms with Gasteiger partial charge in [0.05, 0.1) is 5.69 Å². The predicted octanol–water partition coefficient (Wildman–Crippen LogP) is 7.81. The highest BCUT2D eigenvalue weighted by Crippen LogP contribution is 2.42. The number of nitrogen functional groups attached to an aromatic ring is 1. The van der Waals surface area contributed by atoms with Crippen molar-refractivity contribution in [2.75, 3.05) is 5.73 Å². The predicted molar refractivity (Wildman–Crippen MR) is 130 cm³/mol. The summed E-state index contributed by atoms with van der Waals surface area (Å²) in [6.07, 6.45) is 14.1. The molecule has 2 aliphatic carbocycles. The van der Waals surface area contributed by atoms with Gasteiger partial charge in [0.1, 0.15) is 5.82 Å². The van der Waals surface area contributed by atoms with Gasteiger partial charge in [0, 0.05) is 3.92 Å². The van der Waals surface area contributed by atoms with Gasteiger partial charge in [0.25, 0.3) is 0 Å². The van der Waals surface area contributed by atoms with Gasteiger partial charge in [0.2, 0.25) is 0 Å². The van der Waals surface area contributed by atoms with Crippen LogP contribution in [0.5, 0.6) is 0 Å². The smallest absolute Gasteiger partial charge is 0.146 e. The van der Waals surface area contributed by atoms with E-state index in [0.29, 0.717) is 0 Å². The van der Waals surface area contributed by atoms with Crippen LogP contribution >= 0.6 is 22.6 Å². The molecule has 0 amide bonds. The third kappa shape index (κ3) is 5.53. The molecule has 2 N–H and O–H groups in total. The van der Waals surface area contributed by atoms with Crippen molar-refractivity contribution in [2.45, 2.75) is 68.1 Å². The van der Waals surface area contributed by atoms with Crippen LogP contribution in [0, 0.1) is 23.6 Å². The van der Waals surface area contributed by atoms with E-state index < -0.39 is 0 Å². The lowest BCUT2D eigenvalue weighted by molar-refractivity contribution is 0.166. The van der Waals surface area contributed by atoms with Crippen LogP contribution < -0.4 is 5.73 Å². The van der Waals surface area contributed by atoms with Crippen LogP contribution in [0.2, 0.25) is 0 Å². The Balaban J connectivity index is 1.24. The Kier molecular flexibility index (Phi) is 7.15. The Hall–Kier alpha value is -1.10. The van der Waals surface area contributed by atoms with E-state index in [1.165, 1.54) is 69.4 Å². The Morgan fingerprint density at radius 3 is 2.00 bits per heavy atom. The molecule has 0 atom stereocenters. The molecule has 0 heterocycles.